The van der Waals surface area contributed by atoms with Crippen LogP contribution in [0.5, 0.6) is 0 Å². The highest BCUT2D eigenvalue weighted by atomic mass is 32.2. The number of hydrogen-bond acceptors (Lipinski definition) is 6. The molecular weight excluding hydrogens is 298 g/mol. The van der Waals surface area contributed by atoms with Gasteiger partial charge in [-0.2, -0.15) is 4.31 Å². The number of hydrogen-bond donors (Lipinski definition) is 1. The summed E-state index contributed by atoms with van der Waals surface area (Å²) >= 11 is 0. The minimum absolute atomic E-state index is 0.165. The van der Waals surface area contributed by atoms with E-state index in [1.54, 1.807) is 13.8 Å². The average Bonchev–Trinajstić information content (AvgIpc) is 2.38. The van der Waals surface area contributed by atoms with Gasteiger partial charge in [0.15, 0.2) is 4.90 Å². The molecule has 0 saturated heterocycles. The van der Waals surface area contributed by atoms with E-state index in [1.807, 2.05) is 0 Å². The predicted octanol–water partition coefficient (Wildman–Crippen LogP) is 1.22. The third-order valence-electron chi connectivity index (χ3n) is 3.01. The van der Waals surface area contributed by atoms with Crippen LogP contribution in [0.15, 0.2) is 23.1 Å². The van der Waals surface area contributed by atoms with E-state index in [0.29, 0.717) is 0 Å². The van der Waals surface area contributed by atoms with Gasteiger partial charge in [0, 0.05) is 19.7 Å². The number of anilines is 1. The molecule has 1 aromatic rings. The number of ether oxygens (including phenoxy) is 1. The molecule has 1 rings (SSSR count). The summed E-state index contributed by atoms with van der Waals surface area (Å²) in [5.41, 5.74) is 4.77. The van der Waals surface area contributed by atoms with Gasteiger partial charge in [-0.25, -0.2) is 8.42 Å². The van der Waals surface area contributed by atoms with Gasteiger partial charge < -0.3 is 10.5 Å². The molecule has 1 unspecified atom stereocenters. The highest BCUT2D eigenvalue weighted by Crippen LogP contribution is 2.32. The predicted molar refractivity (Wildman–Crippen MR) is 78.4 cm³/mol. The van der Waals surface area contributed by atoms with Gasteiger partial charge in [0.2, 0.25) is 10.0 Å². The molecule has 0 aliphatic carbocycles. The highest BCUT2D eigenvalue weighted by molar-refractivity contribution is 7.89. The van der Waals surface area contributed by atoms with Crippen LogP contribution < -0.4 is 5.73 Å². The van der Waals surface area contributed by atoms with Crippen molar-refractivity contribution >= 4 is 21.4 Å². The molecule has 8 nitrogen and oxygen atoms in total. The molecule has 0 spiro atoms. The maximum absolute atomic E-state index is 12.7. The molecule has 0 heterocycles. The van der Waals surface area contributed by atoms with Crippen LogP contribution in [0.2, 0.25) is 0 Å². The number of nitro groups is 1. The van der Waals surface area contributed by atoms with Crippen LogP contribution in [0.1, 0.15) is 13.8 Å². The molecule has 0 fully saturated rings. The van der Waals surface area contributed by atoms with Crippen molar-refractivity contribution in [3.63, 3.8) is 0 Å². The molecule has 0 saturated carbocycles. The van der Waals surface area contributed by atoms with E-state index in [2.05, 4.69) is 0 Å². The SMILES string of the molecule is CCN(C(C)COC)S(=O)(=O)c1cccc(N)c1[N+](=O)[O-]. The second-order valence-electron chi connectivity index (χ2n) is 4.46. The van der Waals surface area contributed by atoms with Crippen LogP contribution in [0, 0.1) is 10.1 Å². The molecule has 0 aliphatic rings. The highest BCUT2D eigenvalue weighted by Gasteiger charge is 2.34. The Morgan fingerprint density at radius 1 is 1.48 bits per heavy atom. The number of nitrogen functional groups attached to an aromatic ring is 1. The number of sulfonamides is 1. The molecule has 0 aliphatic heterocycles. The van der Waals surface area contributed by atoms with E-state index in [-0.39, 0.29) is 18.8 Å². The molecule has 2 N–H and O–H groups in total. The molecule has 0 radical (unpaired) electrons. The standard InChI is InChI=1S/C12H19N3O5S/c1-4-14(9(2)8-20-3)21(18,19)11-7-5-6-10(13)12(11)15(16)17/h5-7,9H,4,8,13H2,1-3H3. The zero-order chi connectivity index (χ0) is 16.2. The lowest BCUT2D eigenvalue weighted by molar-refractivity contribution is -0.386. The number of benzene rings is 1. The van der Waals surface area contributed by atoms with Crippen molar-refractivity contribution in [1.82, 2.24) is 4.31 Å². The van der Waals surface area contributed by atoms with E-state index < -0.39 is 31.6 Å². The summed E-state index contributed by atoms with van der Waals surface area (Å²) in [6.45, 7) is 3.67. The van der Waals surface area contributed by atoms with Crippen LogP contribution in [0.4, 0.5) is 11.4 Å². The Morgan fingerprint density at radius 2 is 2.10 bits per heavy atom. The number of methoxy groups -OCH3 is 1. The number of nitrogens with zero attached hydrogens (tertiary/aromatic N) is 2. The van der Waals surface area contributed by atoms with Crippen molar-refractivity contribution in [2.75, 3.05) is 26.0 Å². The van der Waals surface area contributed by atoms with Gasteiger partial charge in [0.05, 0.1) is 11.5 Å². The first-order valence-corrected chi connectivity index (χ1v) is 7.75. The number of rotatable bonds is 7. The lowest BCUT2D eigenvalue weighted by Gasteiger charge is -2.26. The quantitative estimate of drug-likeness (QED) is 0.459. The van der Waals surface area contributed by atoms with Gasteiger partial charge in [0.25, 0.3) is 0 Å². The minimum atomic E-state index is -4.04. The van der Waals surface area contributed by atoms with Crippen molar-refractivity contribution in [2.24, 2.45) is 0 Å². The van der Waals surface area contributed by atoms with E-state index >= 15 is 0 Å². The summed E-state index contributed by atoms with van der Waals surface area (Å²) in [6, 6.07) is 3.41. The molecule has 0 aromatic heterocycles. The van der Waals surface area contributed by atoms with Crippen LogP contribution in [0.3, 0.4) is 0 Å². The summed E-state index contributed by atoms with van der Waals surface area (Å²) in [5, 5.41) is 11.1. The molecule has 9 heteroatoms. The summed E-state index contributed by atoms with van der Waals surface area (Å²) in [7, 11) is -2.58. The molecular formula is C12H19N3O5S. The maximum atomic E-state index is 12.7. The summed E-state index contributed by atoms with van der Waals surface area (Å²) in [4.78, 5) is 9.93. The number of likely N-dealkylation sites (N-methyl/N-ethyl adjacent to an activating group) is 1. The second-order valence-corrected chi connectivity index (χ2v) is 6.32. The zero-order valence-corrected chi connectivity index (χ0v) is 13.0. The second kappa shape index (κ2) is 6.83. The van der Waals surface area contributed by atoms with Crippen molar-refractivity contribution in [3.05, 3.63) is 28.3 Å². The lowest BCUT2D eigenvalue weighted by atomic mass is 10.3. The summed E-state index contributed by atoms with van der Waals surface area (Å²) < 4.78 is 31.4. The van der Waals surface area contributed by atoms with Gasteiger partial charge in [-0.05, 0) is 19.1 Å². The minimum Gasteiger partial charge on any atom is -0.393 e. The Labute approximate surface area is 123 Å². The van der Waals surface area contributed by atoms with Gasteiger partial charge in [-0.1, -0.05) is 13.0 Å². The first-order chi connectivity index (χ1) is 9.77. The molecule has 1 aromatic carbocycles. The largest absolute Gasteiger partial charge is 0.393 e. The normalized spacial score (nSPS) is 13.3. The first-order valence-electron chi connectivity index (χ1n) is 6.31. The Morgan fingerprint density at radius 3 is 2.57 bits per heavy atom. The fourth-order valence-corrected chi connectivity index (χ4v) is 3.93. The van der Waals surface area contributed by atoms with Crippen molar-refractivity contribution < 1.29 is 18.1 Å². The fraction of sp³-hybridized carbons (Fsp3) is 0.500. The van der Waals surface area contributed by atoms with Crippen LogP contribution >= 0.6 is 0 Å². The van der Waals surface area contributed by atoms with Crippen LogP contribution in [-0.4, -0.2) is 43.9 Å². The Hall–Kier alpha value is -1.71. The summed E-state index contributed by atoms with van der Waals surface area (Å²) in [5.74, 6) is 0. The third-order valence-corrected chi connectivity index (χ3v) is 5.13. The van der Waals surface area contributed by atoms with E-state index in [4.69, 9.17) is 10.5 Å². The molecule has 0 bridgehead atoms. The molecule has 118 valence electrons. The van der Waals surface area contributed by atoms with Crippen molar-refractivity contribution in [2.45, 2.75) is 24.8 Å². The fourth-order valence-electron chi connectivity index (χ4n) is 2.11. The third kappa shape index (κ3) is 3.49. The van der Waals surface area contributed by atoms with Crippen LogP contribution in [0.25, 0.3) is 0 Å². The first kappa shape index (κ1) is 17.3. The Bertz CT molecular complexity index is 617. The zero-order valence-electron chi connectivity index (χ0n) is 12.1. The number of para-hydroxylation sites is 1. The topological polar surface area (TPSA) is 116 Å². The lowest BCUT2D eigenvalue weighted by Crippen LogP contribution is -2.41. The van der Waals surface area contributed by atoms with E-state index in [9.17, 15) is 18.5 Å². The van der Waals surface area contributed by atoms with Crippen LogP contribution in [-0.2, 0) is 14.8 Å². The maximum Gasteiger partial charge on any atom is 0.312 e. The molecule has 21 heavy (non-hydrogen) atoms. The number of nitro benzene ring substituents is 1. The summed E-state index contributed by atoms with van der Waals surface area (Å²) in [6.07, 6.45) is 0. The van der Waals surface area contributed by atoms with Crippen molar-refractivity contribution in [1.29, 1.82) is 0 Å². The van der Waals surface area contributed by atoms with Crippen molar-refractivity contribution in [3.8, 4) is 0 Å². The van der Waals surface area contributed by atoms with E-state index in [0.717, 1.165) is 4.31 Å². The smallest absolute Gasteiger partial charge is 0.312 e. The Balaban J connectivity index is 3.43. The Kier molecular flexibility index (Phi) is 5.64. The monoisotopic (exact) mass is 317 g/mol. The molecule has 1 atom stereocenters. The van der Waals surface area contributed by atoms with Gasteiger partial charge in [-0.15, -0.1) is 0 Å². The van der Waals surface area contributed by atoms with Gasteiger partial charge in [0.1, 0.15) is 5.69 Å². The average molecular weight is 317 g/mol. The van der Waals surface area contributed by atoms with E-state index in [1.165, 1.54) is 25.3 Å². The molecule has 0 amide bonds. The van der Waals surface area contributed by atoms with Gasteiger partial charge >= 0.3 is 5.69 Å². The van der Waals surface area contributed by atoms with Gasteiger partial charge in [-0.3, -0.25) is 10.1 Å². The number of nitrogens with two attached hydrogens (primary N) is 1.